The number of esters is 1. The Bertz CT molecular complexity index is 239. The van der Waals surface area contributed by atoms with E-state index in [1.54, 1.807) is 6.92 Å². The summed E-state index contributed by atoms with van der Waals surface area (Å²) in [5.74, 6) is 4.45. The van der Waals surface area contributed by atoms with E-state index in [2.05, 4.69) is 30.4 Å². The van der Waals surface area contributed by atoms with Crippen LogP contribution in [0.4, 0.5) is 0 Å². The van der Waals surface area contributed by atoms with Crippen LogP contribution in [0.1, 0.15) is 47.0 Å². The van der Waals surface area contributed by atoms with Gasteiger partial charge in [0.1, 0.15) is 6.10 Å². The van der Waals surface area contributed by atoms with Crippen LogP contribution in [0, 0.1) is 24.7 Å². The van der Waals surface area contributed by atoms with E-state index in [4.69, 9.17) is 0 Å². The van der Waals surface area contributed by atoms with E-state index in [-0.39, 0.29) is 18.9 Å². The van der Waals surface area contributed by atoms with Gasteiger partial charge in [-0.1, -0.05) is 33.1 Å². The first-order chi connectivity index (χ1) is 7.97. The van der Waals surface area contributed by atoms with Crippen molar-refractivity contribution in [2.45, 2.75) is 53.1 Å². The maximum Gasteiger partial charge on any atom is 1.00 e. The number of hydrogen-bond donors (Lipinski definition) is 1. The van der Waals surface area contributed by atoms with Crippen LogP contribution < -0.4 is 18.9 Å². The smallest absolute Gasteiger partial charge is 0.456 e. The van der Waals surface area contributed by atoms with Gasteiger partial charge in [0.15, 0.2) is 0 Å². The predicted octanol–water partition coefficient (Wildman–Crippen LogP) is -0.416. The number of unbranched alkanes of at least 4 members (excludes halogenated alkanes) is 1. The zero-order chi connectivity index (χ0) is 13.7. The van der Waals surface area contributed by atoms with Crippen LogP contribution in [-0.2, 0) is 9.53 Å². The van der Waals surface area contributed by atoms with Gasteiger partial charge >= 0.3 is 24.8 Å². The zero-order valence-electron chi connectivity index (χ0n) is 12.5. The first-order valence-corrected chi connectivity index (χ1v) is 6.13. The summed E-state index contributed by atoms with van der Waals surface area (Å²) >= 11 is 0. The van der Waals surface area contributed by atoms with E-state index in [9.17, 15) is 9.90 Å². The summed E-state index contributed by atoms with van der Waals surface area (Å²) in [5, 5.41) is 9.26. The molecule has 0 aliphatic carbocycles. The number of carbonyl (C=O) groups is 1. The van der Waals surface area contributed by atoms with E-state index in [1.165, 1.54) is 6.42 Å². The van der Waals surface area contributed by atoms with Crippen molar-refractivity contribution in [3.63, 3.8) is 0 Å². The Kier molecular flexibility index (Phi) is 21.0. The molecule has 18 heavy (non-hydrogen) atoms. The van der Waals surface area contributed by atoms with Crippen molar-refractivity contribution in [1.82, 2.24) is 0 Å². The Morgan fingerprint density at radius 1 is 1.39 bits per heavy atom. The molecule has 0 aromatic heterocycles. The molecule has 0 aliphatic heterocycles. The molecule has 0 saturated heterocycles. The predicted molar refractivity (Wildman–Crippen MR) is 70.1 cm³/mol. The molecule has 0 amide bonds. The Balaban J connectivity index is -0.000000392. The summed E-state index contributed by atoms with van der Waals surface area (Å²) in [6.07, 6.45) is 2.12. The minimum absolute atomic E-state index is 0. The standard InChI is InChI=1S/C10H16O3.C4H9.Li/c1-4-13-10(12)6-5-9(11)7-8(2)3;1-3-4-2;/h8-9,11H,4,7H2,1-3H3;1,3-4H2,2H3;/q;-1;+1. The molecule has 1 unspecified atom stereocenters. The van der Waals surface area contributed by atoms with Gasteiger partial charge in [-0.2, -0.15) is 6.42 Å². The number of carbonyl (C=O) groups excluding carboxylic acids is 1. The quantitative estimate of drug-likeness (QED) is 0.242. The number of rotatable bonds is 4. The largest absolute Gasteiger partial charge is 1.00 e. The molecule has 1 N–H and O–H groups in total. The summed E-state index contributed by atoms with van der Waals surface area (Å²) in [5.41, 5.74) is 0. The van der Waals surface area contributed by atoms with Crippen LogP contribution in [0.25, 0.3) is 0 Å². The summed E-state index contributed by atoms with van der Waals surface area (Å²) in [6.45, 7) is 11.7. The number of aliphatic hydroxyl groups is 1. The second-order valence-corrected chi connectivity index (χ2v) is 3.99. The van der Waals surface area contributed by atoms with Crippen LogP contribution in [0.15, 0.2) is 0 Å². The zero-order valence-corrected chi connectivity index (χ0v) is 12.5. The van der Waals surface area contributed by atoms with Gasteiger partial charge in [-0.3, -0.25) is 0 Å². The van der Waals surface area contributed by atoms with Gasteiger partial charge in [-0.05, 0) is 19.3 Å². The van der Waals surface area contributed by atoms with Crippen molar-refractivity contribution < 1.29 is 33.5 Å². The fourth-order valence-corrected chi connectivity index (χ4v) is 0.815. The third kappa shape index (κ3) is 20.9. The number of aliphatic hydroxyl groups excluding tert-OH is 1. The van der Waals surface area contributed by atoms with Gasteiger partial charge in [0.25, 0.3) is 0 Å². The molecule has 0 aliphatic rings. The third-order valence-electron chi connectivity index (χ3n) is 1.66. The Labute approximate surface area is 124 Å². The average molecular weight is 248 g/mol. The van der Waals surface area contributed by atoms with E-state index >= 15 is 0 Å². The molecule has 0 bridgehead atoms. The normalized spacial score (nSPS) is 10.2. The van der Waals surface area contributed by atoms with E-state index in [1.807, 2.05) is 13.8 Å². The van der Waals surface area contributed by atoms with E-state index in [0.717, 1.165) is 6.42 Å². The minimum atomic E-state index is -0.732. The third-order valence-corrected chi connectivity index (χ3v) is 1.66. The molecule has 1 atom stereocenters. The molecule has 0 aromatic carbocycles. The number of ether oxygens (including phenoxy) is 1. The van der Waals surface area contributed by atoms with Crippen molar-refractivity contribution in [2.24, 2.45) is 5.92 Å². The Morgan fingerprint density at radius 3 is 2.22 bits per heavy atom. The topological polar surface area (TPSA) is 46.5 Å². The first kappa shape index (κ1) is 22.7. The van der Waals surface area contributed by atoms with Gasteiger partial charge in [-0.25, -0.2) is 4.79 Å². The molecule has 0 fully saturated rings. The molecule has 3 nitrogen and oxygen atoms in total. The molecule has 0 rings (SSSR count). The molecule has 0 saturated carbocycles. The van der Waals surface area contributed by atoms with E-state index in [0.29, 0.717) is 18.9 Å². The molecule has 0 radical (unpaired) electrons. The number of hydrogen-bond acceptors (Lipinski definition) is 3. The van der Waals surface area contributed by atoms with Gasteiger partial charge in [-0.15, -0.1) is 0 Å². The second kappa shape index (κ2) is 16.6. The van der Waals surface area contributed by atoms with Crippen molar-refractivity contribution >= 4 is 5.97 Å². The van der Waals surface area contributed by atoms with Gasteiger partial charge in [0.05, 0.1) is 6.61 Å². The van der Waals surface area contributed by atoms with Crippen LogP contribution in [-0.4, -0.2) is 23.8 Å². The SMILES string of the molecule is CCOC(=O)C#CC(O)CC(C)C.[CH2-]CCC.[Li+]. The molecule has 100 valence electrons. The van der Waals surface area contributed by atoms with Gasteiger partial charge in [0, 0.05) is 5.92 Å². The van der Waals surface area contributed by atoms with Crippen LogP contribution >= 0.6 is 0 Å². The molecule has 0 aromatic rings. The fraction of sp³-hybridized carbons (Fsp3) is 0.714. The minimum Gasteiger partial charge on any atom is -0.456 e. The van der Waals surface area contributed by atoms with Crippen LogP contribution in [0.5, 0.6) is 0 Å². The monoisotopic (exact) mass is 248 g/mol. The molecular weight excluding hydrogens is 223 g/mol. The second-order valence-electron chi connectivity index (χ2n) is 3.99. The van der Waals surface area contributed by atoms with Gasteiger partial charge in [0.2, 0.25) is 0 Å². The Hall–Kier alpha value is -0.413. The summed E-state index contributed by atoms with van der Waals surface area (Å²) in [6, 6.07) is 0. The molecule has 0 spiro atoms. The summed E-state index contributed by atoms with van der Waals surface area (Å²) in [7, 11) is 0. The van der Waals surface area contributed by atoms with Crippen molar-refractivity contribution in [2.75, 3.05) is 6.61 Å². The maximum absolute atomic E-state index is 10.7. The average Bonchev–Trinajstić information content (AvgIpc) is 2.26. The fourth-order valence-electron chi connectivity index (χ4n) is 0.815. The molecule has 4 heteroatoms. The maximum atomic E-state index is 10.7. The first-order valence-electron chi connectivity index (χ1n) is 6.13. The van der Waals surface area contributed by atoms with Crippen molar-refractivity contribution in [3.05, 3.63) is 6.92 Å². The van der Waals surface area contributed by atoms with Crippen molar-refractivity contribution in [3.8, 4) is 11.8 Å². The molecular formula is C14H25LiO3. The van der Waals surface area contributed by atoms with Crippen LogP contribution in [0.3, 0.4) is 0 Å². The van der Waals surface area contributed by atoms with Crippen molar-refractivity contribution in [1.29, 1.82) is 0 Å². The molecule has 0 heterocycles. The summed E-state index contributed by atoms with van der Waals surface area (Å²) in [4.78, 5) is 10.7. The Morgan fingerprint density at radius 2 is 1.89 bits per heavy atom. The van der Waals surface area contributed by atoms with Gasteiger partial charge < -0.3 is 16.8 Å². The summed E-state index contributed by atoms with van der Waals surface area (Å²) < 4.78 is 4.57. The van der Waals surface area contributed by atoms with Crippen LogP contribution in [0.2, 0.25) is 0 Å². The van der Waals surface area contributed by atoms with E-state index < -0.39 is 12.1 Å².